The van der Waals surface area contributed by atoms with Gasteiger partial charge in [-0.1, -0.05) is 12.1 Å². The average molecular weight is 327 g/mol. The van der Waals surface area contributed by atoms with E-state index in [1.165, 1.54) is 30.5 Å². The molecule has 6 nitrogen and oxygen atoms in total. The molecule has 24 heavy (non-hydrogen) atoms. The molecule has 0 saturated heterocycles. The predicted molar refractivity (Wildman–Crippen MR) is 84.4 cm³/mol. The largest absolute Gasteiger partial charge is 0.463 e. The van der Waals surface area contributed by atoms with Gasteiger partial charge in [0.25, 0.3) is 5.56 Å². The summed E-state index contributed by atoms with van der Waals surface area (Å²) in [6.07, 6.45) is 1.50. The molecule has 0 saturated carbocycles. The summed E-state index contributed by atoms with van der Waals surface area (Å²) < 4.78 is 19.1. The molecule has 0 aliphatic heterocycles. The number of benzene rings is 1. The molecule has 7 heteroatoms. The Morgan fingerprint density at radius 1 is 1.17 bits per heavy atom. The van der Waals surface area contributed by atoms with Crippen molar-refractivity contribution in [3.8, 4) is 11.5 Å². The van der Waals surface area contributed by atoms with Crippen molar-refractivity contribution >= 4 is 5.91 Å². The van der Waals surface area contributed by atoms with E-state index in [0.29, 0.717) is 11.5 Å². The smallest absolute Gasteiger partial charge is 0.267 e. The molecule has 3 rings (SSSR count). The van der Waals surface area contributed by atoms with Gasteiger partial charge in [0.2, 0.25) is 5.91 Å². The van der Waals surface area contributed by atoms with Crippen molar-refractivity contribution in [1.82, 2.24) is 15.1 Å². The van der Waals surface area contributed by atoms with Crippen LogP contribution in [0.4, 0.5) is 4.39 Å². The van der Waals surface area contributed by atoms with Crippen LogP contribution in [0.25, 0.3) is 11.5 Å². The molecule has 0 unspecified atom stereocenters. The Balaban J connectivity index is 1.66. The average Bonchev–Trinajstić information content (AvgIpc) is 3.11. The van der Waals surface area contributed by atoms with Gasteiger partial charge in [0.05, 0.1) is 6.26 Å². The Morgan fingerprint density at radius 2 is 1.96 bits per heavy atom. The number of nitrogens with zero attached hydrogens (tertiary/aromatic N) is 2. The predicted octanol–water partition coefficient (Wildman–Crippen LogP) is 1.96. The number of aromatic nitrogens is 2. The molecule has 0 fully saturated rings. The van der Waals surface area contributed by atoms with Gasteiger partial charge in [-0.15, -0.1) is 0 Å². The van der Waals surface area contributed by atoms with Gasteiger partial charge in [0.15, 0.2) is 5.76 Å². The minimum absolute atomic E-state index is 0.214. The minimum atomic E-state index is -0.387. The summed E-state index contributed by atoms with van der Waals surface area (Å²) in [6, 6.07) is 12.1. The SMILES string of the molecule is O=C(Cn1nc(-c2ccco2)ccc1=O)NCc1ccc(F)cc1. The lowest BCUT2D eigenvalue weighted by molar-refractivity contribution is -0.122. The lowest BCUT2D eigenvalue weighted by Crippen LogP contribution is -2.33. The van der Waals surface area contributed by atoms with E-state index >= 15 is 0 Å². The van der Waals surface area contributed by atoms with Crippen LogP contribution in [0.2, 0.25) is 0 Å². The first-order chi connectivity index (χ1) is 11.6. The Hall–Kier alpha value is -3.22. The third-order valence-electron chi connectivity index (χ3n) is 3.34. The number of carbonyl (C=O) groups excluding carboxylic acids is 1. The van der Waals surface area contributed by atoms with Crippen LogP contribution >= 0.6 is 0 Å². The number of amides is 1. The summed E-state index contributed by atoms with van der Waals surface area (Å²) in [5, 5.41) is 6.79. The summed E-state index contributed by atoms with van der Waals surface area (Å²) in [7, 11) is 0. The third kappa shape index (κ3) is 3.75. The normalized spacial score (nSPS) is 10.5. The van der Waals surface area contributed by atoms with Crippen LogP contribution < -0.4 is 10.9 Å². The van der Waals surface area contributed by atoms with E-state index in [0.717, 1.165) is 10.2 Å². The van der Waals surface area contributed by atoms with Crippen molar-refractivity contribution < 1.29 is 13.6 Å². The maximum Gasteiger partial charge on any atom is 0.267 e. The first-order valence-electron chi connectivity index (χ1n) is 7.25. The molecule has 0 atom stereocenters. The molecule has 1 aromatic carbocycles. The summed E-state index contributed by atoms with van der Waals surface area (Å²) in [6.45, 7) is 0.0281. The van der Waals surface area contributed by atoms with Crippen LogP contribution in [0.15, 0.2) is 64.0 Å². The van der Waals surface area contributed by atoms with Gasteiger partial charge < -0.3 is 9.73 Å². The zero-order valence-corrected chi connectivity index (χ0v) is 12.6. The standard InChI is InChI=1S/C17H14FN3O3/c18-13-5-3-12(4-6-13)10-19-16(22)11-21-17(23)8-7-14(20-21)15-2-1-9-24-15/h1-9H,10-11H2,(H,19,22). The maximum absolute atomic E-state index is 12.8. The van der Waals surface area contributed by atoms with Crippen molar-refractivity contribution in [2.45, 2.75) is 13.1 Å². The molecule has 0 aliphatic rings. The fourth-order valence-corrected chi connectivity index (χ4v) is 2.11. The molecular weight excluding hydrogens is 313 g/mol. The third-order valence-corrected chi connectivity index (χ3v) is 3.34. The van der Waals surface area contributed by atoms with Crippen molar-refractivity contribution in [1.29, 1.82) is 0 Å². The zero-order chi connectivity index (χ0) is 16.9. The molecule has 1 amide bonds. The second-order valence-electron chi connectivity index (χ2n) is 5.09. The molecule has 0 bridgehead atoms. The molecule has 1 N–H and O–H groups in total. The van der Waals surface area contributed by atoms with E-state index < -0.39 is 0 Å². The van der Waals surface area contributed by atoms with E-state index in [2.05, 4.69) is 10.4 Å². The number of carbonyl (C=O) groups is 1. The second-order valence-corrected chi connectivity index (χ2v) is 5.09. The van der Waals surface area contributed by atoms with Gasteiger partial charge in [-0.05, 0) is 35.9 Å². The van der Waals surface area contributed by atoms with E-state index in [4.69, 9.17) is 4.42 Å². The highest BCUT2D eigenvalue weighted by Crippen LogP contribution is 2.14. The van der Waals surface area contributed by atoms with Crippen molar-refractivity contribution in [3.63, 3.8) is 0 Å². The molecule has 2 aromatic heterocycles. The Labute approximate surface area is 136 Å². The van der Waals surface area contributed by atoms with Crippen LogP contribution in [-0.2, 0) is 17.9 Å². The van der Waals surface area contributed by atoms with E-state index in [1.54, 1.807) is 24.3 Å². The molecular formula is C17H14FN3O3. The maximum atomic E-state index is 12.8. The molecule has 0 spiro atoms. The van der Waals surface area contributed by atoms with Gasteiger partial charge in [-0.3, -0.25) is 9.59 Å². The highest BCUT2D eigenvalue weighted by atomic mass is 19.1. The summed E-state index contributed by atoms with van der Waals surface area (Å²) in [4.78, 5) is 23.8. The van der Waals surface area contributed by atoms with E-state index in [1.807, 2.05) is 0 Å². The molecule has 122 valence electrons. The fourth-order valence-electron chi connectivity index (χ4n) is 2.11. The highest BCUT2D eigenvalue weighted by molar-refractivity contribution is 5.75. The minimum Gasteiger partial charge on any atom is -0.463 e. The van der Waals surface area contributed by atoms with Crippen LogP contribution in [-0.4, -0.2) is 15.7 Å². The van der Waals surface area contributed by atoms with Gasteiger partial charge in [-0.25, -0.2) is 9.07 Å². The van der Waals surface area contributed by atoms with Crippen LogP contribution in [0.3, 0.4) is 0 Å². The second kappa shape index (κ2) is 6.91. The summed E-state index contributed by atoms with van der Waals surface area (Å²) in [5.74, 6) is -0.198. The number of hydrogen-bond acceptors (Lipinski definition) is 4. The quantitative estimate of drug-likeness (QED) is 0.777. The van der Waals surface area contributed by atoms with E-state index in [9.17, 15) is 14.0 Å². The Kier molecular flexibility index (Phi) is 4.51. The first-order valence-corrected chi connectivity index (χ1v) is 7.25. The van der Waals surface area contributed by atoms with Crippen LogP contribution in [0, 0.1) is 5.82 Å². The molecule has 2 heterocycles. The lowest BCUT2D eigenvalue weighted by atomic mass is 10.2. The molecule has 0 aliphatic carbocycles. The number of halogens is 1. The van der Waals surface area contributed by atoms with Gasteiger partial charge in [0.1, 0.15) is 18.1 Å². The first kappa shape index (κ1) is 15.7. The van der Waals surface area contributed by atoms with Gasteiger partial charge >= 0.3 is 0 Å². The number of rotatable bonds is 5. The topological polar surface area (TPSA) is 77.1 Å². The number of furan rings is 1. The number of nitrogens with one attached hydrogen (secondary N) is 1. The Morgan fingerprint density at radius 3 is 2.67 bits per heavy atom. The summed E-state index contributed by atoms with van der Waals surface area (Å²) >= 11 is 0. The molecule has 0 radical (unpaired) electrons. The fraction of sp³-hybridized carbons (Fsp3) is 0.118. The van der Waals surface area contributed by atoms with Crippen molar-refractivity contribution in [3.05, 3.63) is 76.5 Å². The van der Waals surface area contributed by atoms with Gasteiger partial charge in [0, 0.05) is 12.6 Å². The number of hydrogen-bond donors (Lipinski definition) is 1. The summed E-state index contributed by atoms with van der Waals surface area (Å²) in [5.41, 5.74) is 0.836. The molecule has 3 aromatic rings. The lowest BCUT2D eigenvalue weighted by Gasteiger charge is -2.07. The highest BCUT2D eigenvalue weighted by Gasteiger charge is 2.09. The Bertz CT molecular complexity index is 886. The van der Waals surface area contributed by atoms with Crippen LogP contribution in [0.1, 0.15) is 5.56 Å². The van der Waals surface area contributed by atoms with Crippen LogP contribution in [0.5, 0.6) is 0 Å². The van der Waals surface area contributed by atoms with Crippen molar-refractivity contribution in [2.24, 2.45) is 0 Å². The van der Waals surface area contributed by atoms with E-state index in [-0.39, 0.29) is 30.4 Å². The monoisotopic (exact) mass is 327 g/mol. The van der Waals surface area contributed by atoms with Gasteiger partial charge in [-0.2, -0.15) is 5.10 Å². The zero-order valence-electron chi connectivity index (χ0n) is 12.6. The van der Waals surface area contributed by atoms with Crippen molar-refractivity contribution in [2.75, 3.05) is 0 Å².